The number of amides is 1. The zero-order valence-corrected chi connectivity index (χ0v) is 20.3. The number of thiophene rings is 1. The van der Waals surface area contributed by atoms with Crippen molar-refractivity contribution in [1.29, 1.82) is 0 Å². The average Bonchev–Trinajstić information content (AvgIpc) is 3.42. The number of rotatable bonds is 7. The summed E-state index contributed by atoms with van der Waals surface area (Å²) in [5.41, 5.74) is 1.61. The number of carbonyl (C=O) groups is 2. The lowest BCUT2D eigenvalue weighted by Crippen LogP contribution is -2.29. The van der Waals surface area contributed by atoms with Gasteiger partial charge in [0.05, 0.1) is 42.0 Å². The molecule has 10 heteroatoms. The van der Waals surface area contributed by atoms with E-state index in [1.807, 2.05) is 26.0 Å². The summed E-state index contributed by atoms with van der Waals surface area (Å²) < 4.78 is 12.2. The molecule has 8 nitrogen and oxygen atoms in total. The highest BCUT2D eigenvalue weighted by Gasteiger charge is 2.23. The lowest BCUT2D eigenvalue weighted by Gasteiger charge is -2.16. The molecule has 1 N–H and O–H groups in total. The Labute approximate surface area is 199 Å². The van der Waals surface area contributed by atoms with Gasteiger partial charge in [-0.05, 0) is 44.4 Å². The maximum absolute atomic E-state index is 13.2. The Bertz CT molecular complexity index is 1260. The second kappa shape index (κ2) is 10.1. The molecule has 1 fully saturated rings. The number of nitrogens with one attached hydrogen (secondary N) is 1. The molecule has 1 aliphatic heterocycles. The topological polar surface area (TPSA) is 99.5 Å². The van der Waals surface area contributed by atoms with Crippen molar-refractivity contribution in [2.24, 2.45) is 0 Å². The van der Waals surface area contributed by atoms with Gasteiger partial charge in [-0.3, -0.25) is 14.2 Å². The number of hydrogen-bond donors (Lipinski definition) is 1. The number of benzene rings is 1. The number of para-hydroxylation sites is 1. The predicted octanol–water partition coefficient (Wildman–Crippen LogP) is 3.77. The first-order valence-electron chi connectivity index (χ1n) is 10.6. The molecule has 0 spiro atoms. The molecule has 0 unspecified atom stereocenters. The first kappa shape index (κ1) is 23.5. The highest BCUT2D eigenvalue weighted by molar-refractivity contribution is 7.99. The number of carbonyl (C=O) groups excluding carboxylic acids is 2. The molecule has 0 radical (unpaired) electrons. The minimum Gasteiger partial charge on any atom is -0.465 e. The van der Waals surface area contributed by atoms with Gasteiger partial charge < -0.3 is 14.8 Å². The van der Waals surface area contributed by atoms with E-state index in [0.29, 0.717) is 39.8 Å². The number of fused-ring (bicyclic) bond motifs is 1. The summed E-state index contributed by atoms with van der Waals surface area (Å²) in [6.07, 6.45) is 1.81. The highest BCUT2D eigenvalue weighted by Crippen LogP contribution is 2.33. The van der Waals surface area contributed by atoms with Crippen LogP contribution in [0.1, 0.15) is 33.6 Å². The molecular weight excluding hydrogens is 462 g/mol. The van der Waals surface area contributed by atoms with Gasteiger partial charge in [0.15, 0.2) is 5.16 Å². The van der Waals surface area contributed by atoms with Crippen molar-refractivity contribution in [1.82, 2.24) is 9.55 Å². The van der Waals surface area contributed by atoms with Crippen LogP contribution < -0.4 is 10.9 Å². The predicted molar refractivity (Wildman–Crippen MR) is 129 cm³/mol. The smallest absolute Gasteiger partial charge is 0.341 e. The largest absolute Gasteiger partial charge is 0.465 e. The van der Waals surface area contributed by atoms with Crippen molar-refractivity contribution >= 4 is 50.9 Å². The zero-order valence-electron chi connectivity index (χ0n) is 18.7. The van der Waals surface area contributed by atoms with Gasteiger partial charge in [-0.1, -0.05) is 23.9 Å². The summed E-state index contributed by atoms with van der Waals surface area (Å²) in [6, 6.07) is 7.19. The first-order chi connectivity index (χ1) is 15.9. The van der Waals surface area contributed by atoms with Gasteiger partial charge in [0.25, 0.3) is 5.56 Å². The number of aromatic nitrogens is 2. The summed E-state index contributed by atoms with van der Waals surface area (Å²) in [5.74, 6) is -0.744. The third-order valence-corrected chi connectivity index (χ3v) is 7.70. The van der Waals surface area contributed by atoms with E-state index in [4.69, 9.17) is 9.47 Å². The van der Waals surface area contributed by atoms with Crippen LogP contribution in [0.2, 0.25) is 0 Å². The number of methoxy groups -OCH3 is 1. The van der Waals surface area contributed by atoms with Crippen LogP contribution in [0.25, 0.3) is 10.9 Å². The Balaban J connectivity index is 1.56. The first-order valence-corrected chi connectivity index (χ1v) is 12.4. The maximum atomic E-state index is 13.2. The Hall–Kier alpha value is -2.69. The molecule has 174 valence electrons. The molecule has 4 rings (SSSR count). The van der Waals surface area contributed by atoms with E-state index in [1.165, 1.54) is 30.2 Å². The normalized spacial score (nSPS) is 15.7. The minimum absolute atomic E-state index is 0.0346. The fourth-order valence-electron chi connectivity index (χ4n) is 3.77. The van der Waals surface area contributed by atoms with E-state index in [9.17, 15) is 14.4 Å². The van der Waals surface area contributed by atoms with E-state index in [0.717, 1.165) is 23.3 Å². The van der Waals surface area contributed by atoms with Crippen molar-refractivity contribution in [3.63, 3.8) is 0 Å². The molecule has 33 heavy (non-hydrogen) atoms. The van der Waals surface area contributed by atoms with E-state index in [-0.39, 0.29) is 23.3 Å². The number of thioether (sulfide) groups is 1. The van der Waals surface area contributed by atoms with E-state index >= 15 is 0 Å². The molecule has 1 atom stereocenters. The van der Waals surface area contributed by atoms with Gasteiger partial charge in [-0.2, -0.15) is 0 Å². The summed E-state index contributed by atoms with van der Waals surface area (Å²) in [6.45, 7) is 4.80. The standard InChI is InChI=1S/C23H25N3O5S2/c1-13-14(2)33-20(19(13)22(29)30-3)25-18(27)12-32-23-24-17-9-5-4-8-16(17)21(28)26(23)11-15-7-6-10-31-15/h4-5,8-9,15H,6-7,10-12H2,1-3H3,(H,25,27)/t15-/m0/s1. The Morgan fingerprint density at radius 1 is 1.33 bits per heavy atom. The number of hydrogen-bond acceptors (Lipinski definition) is 8. The monoisotopic (exact) mass is 487 g/mol. The SMILES string of the molecule is COC(=O)c1c(NC(=O)CSc2nc3ccccc3c(=O)n2C[C@@H]2CCCO2)sc(C)c1C. The number of esters is 1. The van der Waals surface area contributed by atoms with Crippen molar-refractivity contribution in [2.45, 2.75) is 44.5 Å². The van der Waals surface area contributed by atoms with Crippen LogP contribution in [-0.4, -0.2) is 47.0 Å². The number of ether oxygens (including phenoxy) is 2. The molecule has 0 aliphatic carbocycles. The molecule has 1 aliphatic rings. The lowest BCUT2D eigenvalue weighted by molar-refractivity contribution is -0.113. The third-order valence-electron chi connectivity index (χ3n) is 5.60. The van der Waals surface area contributed by atoms with Crippen molar-refractivity contribution < 1.29 is 19.1 Å². The molecule has 1 amide bonds. The Morgan fingerprint density at radius 3 is 2.85 bits per heavy atom. The lowest BCUT2D eigenvalue weighted by atomic mass is 10.1. The van der Waals surface area contributed by atoms with Gasteiger partial charge in [-0.15, -0.1) is 11.3 Å². The summed E-state index contributed by atoms with van der Waals surface area (Å²) in [7, 11) is 1.31. The average molecular weight is 488 g/mol. The molecule has 3 aromatic rings. The van der Waals surface area contributed by atoms with Gasteiger partial charge in [0.1, 0.15) is 5.00 Å². The van der Waals surface area contributed by atoms with E-state index in [2.05, 4.69) is 10.3 Å². The molecule has 1 saturated heterocycles. The van der Waals surface area contributed by atoms with Gasteiger partial charge in [0.2, 0.25) is 5.91 Å². The van der Waals surface area contributed by atoms with Crippen LogP contribution in [0.4, 0.5) is 5.00 Å². The Morgan fingerprint density at radius 2 is 2.12 bits per heavy atom. The van der Waals surface area contributed by atoms with Crippen LogP contribution in [0.5, 0.6) is 0 Å². The molecule has 0 bridgehead atoms. The van der Waals surface area contributed by atoms with Gasteiger partial charge >= 0.3 is 5.97 Å². The van der Waals surface area contributed by atoms with Crippen molar-refractivity contribution in [2.75, 3.05) is 24.8 Å². The molecule has 2 aromatic heterocycles. The van der Waals surface area contributed by atoms with Gasteiger partial charge in [0, 0.05) is 11.5 Å². The Kier molecular flexibility index (Phi) is 7.16. The zero-order chi connectivity index (χ0) is 23.5. The number of aryl methyl sites for hydroxylation is 1. The minimum atomic E-state index is -0.485. The highest BCUT2D eigenvalue weighted by atomic mass is 32.2. The molecule has 1 aromatic carbocycles. The van der Waals surface area contributed by atoms with Crippen LogP contribution >= 0.6 is 23.1 Å². The second-order valence-electron chi connectivity index (χ2n) is 7.78. The van der Waals surface area contributed by atoms with Crippen LogP contribution in [0.15, 0.2) is 34.2 Å². The molecule has 3 heterocycles. The summed E-state index contributed by atoms with van der Waals surface area (Å²) in [4.78, 5) is 43.7. The van der Waals surface area contributed by atoms with Crippen LogP contribution in [0, 0.1) is 13.8 Å². The maximum Gasteiger partial charge on any atom is 0.341 e. The fourth-order valence-corrected chi connectivity index (χ4v) is 5.64. The van der Waals surface area contributed by atoms with E-state index < -0.39 is 5.97 Å². The number of anilines is 1. The third kappa shape index (κ3) is 4.97. The van der Waals surface area contributed by atoms with Crippen molar-refractivity contribution in [3.8, 4) is 0 Å². The summed E-state index contributed by atoms with van der Waals surface area (Å²) in [5, 5.41) is 4.29. The van der Waals surface area contributed by atoms with Crippen LogP contribution in [0.3, 0.4) is 0 Å². The quantitative estimate of drug-likeness (QED) is 0.308. The fraction of sp³-hybridized carbons (Fsp3) is 0.391. The number of nitrogens with zero attached hydrogens (tertiary/aromatic N) is 2. The summed E-state index contributed by atoms with van der Waals surface area (Å²) >= 11 is 2.52. The second-order valence-corrected chi connectivity index (χ2v) is 9.95. The molecule has 0 saturated carbocycles. The molecular formula is C23H25N3O5S2. The van der Waals surface area contributed by atoms with Crippen LogP contribution in [-0.2, 0) is 20.8 Å². The van der Waals surface area contributed by atoms with E-state index in [1.54, 1.807) is 16.7 Å². The van der Waals surface area contributed by atoms with Crippen molar-refractivity contribution in [3.05, 3.63) is 50.6 Å². The van der Waals surface area contributed by atoms with Gasteiger partial charge in [-0.25, -0.2) is 9.78 Å².